The molecule has 0 bridgehead atoms. The molecule has 0 saturated heterocycles. The first-order chi connectivity index (χ1) is 11.9. The zero-order valence-corrected chi connectivity index (χ0v) is 15.6. The van der Waals surface area contributed by atoms with E-state index in [4.69, 9.17) is 4.42 Å². The number of furan rings is 1. The van der Waals surface area contributed by atoms with Crippen molar-refractivity contribution in [3.05, 3.63) is 54.0 Å². The van der Waals surface area contributed by atoms with Gasteiger partial charge in [0.2, 0.25) is 0 Å². The summed E-state index contributed by atoms with van der Waals surface area (Å²) in [6.45, 7) is 5.94. The number of aliphatic hydroxyl groups excluding tert-OH is 1. The Morgan fingerprint density at radius 2 is 2.00 bits per heavy atom. The third-order valence-electron chi connectivity index (χ3n) is 4.15. The van der Waals surface area contributed by atoms with Crippen molar-refractivity contribution >= 4 is 21.8 Å². The molecule has 0 aliphatic carbocycles. The number of aliphatic hydroxyl groups is 1. The van der Waals surface area contributed by atoms with Gasteiger partial charge in [-0.2, -0.15) is 0 Å². The quantitative estimate of drug-likeness (QED) is 0.747. The Balaban J connectivity index is 1.92. The smallest absolute Gasteiger partial charge is 0.141 e. The molecule has 3 rings (SSSR count). The van der Waals surface area contributed by atoms with E-state index in [1.807, 2.05) is 51.1 Å². The van der Waals surface area contributed by atoms with Crippen molar-refractivity contribution in [2.75, 3.05) is 5.75 Å². The minimum absolute atomic E-state index is 0.0172. The average Bonchev–Trinajstić information content (AvgIpc) is 3.06. The molecular formula is C20H23NO3S. The van der Waals surface area contributed by atoms with Crippen LogP contribution in [0, 0.1) is 0 Å². The lowest BCUT2D eigenvalue weighted by atomic mass is 10.0. The second-order valence-corrected chi connectivity index (χ2v) is 9.41. The molecule has 1 atom stereocenters. The Morgan fingerprint density at radius 3 is 2.72 bits per heavy atom. The van der Waals surface area contributed by atoms with Crippen LogP contribution >= 0.6 is 0 Å². The Morgan fingerprint density at radius 1 is 1.20 bits per heavy atom. The third kappa shape index (κ3) is 3.99. The van der Waals surface area contributed by atoms with E-state index in [1.165, 1.54) is 0 Å². The fourth-order valence-electron chi connectivity index (χ4n) is 2.74. The van der Waals surface area contributed by atoms with Gasteiger partial charge in [0.1, 0.15) is 5.58 Å². The zero-order chi connectivity index (χ0) is 18.0. The number of pyridine rings is 1. The van der Waals surface area contributed by atoms with Crippen LogP contribution in [-0.4, -0.2) is 24.8 Å². The summed E-state index contributed by atoms with van der Waals surface area (Å²) >= 11 is 0. The molecule has 0 saturated carbocycles. The van der Waals surface area contributed by atoms with E-state index in [1.54, 1.807) is 12.5 Å². The monoisotopic (exact) mass is 357 g/mol. The normalized spacial score (nSPS) is 13.3. The number of rotatable bonds is 5. The highest BCUT2D eigenvalue weighted by Gasteiger charge is 2.19. The molecule has 2 aromatic heterocycles. The largest absolute Gasteiger partial charge is 0.464 e. The standard InChI is InChI=1S/C20H23NO3S/c1-20(2,3)25(23)9-6-17-12-15(4-7-21-17)18-11-14(13-22)10-16-5-8-24-19(16)18/h4-5,7-8,10-12,22H,6,9,13H2,1-3H3/t25-/m1/s1. The molecule has 5 heteroatoms. The molecule has 0 fully saturated rings. The van der Waals surface area contributed by atoms with Crippen molar-refractivity contribution in [1.82, 2.24) is 4.98 Å². The van der Waals surface area contributed by atoms with Crippen LogP contribution in [0.2, 0.25) is 0 Å². The predicted molar refractivity (Wildman–Crippen MR) is 102 cm³/mol. The molecule has 132 valence electrons. The lowest BCUT2D eigenvalue weighted by Gasteiger charge is -2.17. The van der Waals surface area contributed by atoms with Gasteiger partial charge >= 0.3 is 0 Å². The number of aryl methyl sites for hydroxylation is 1. The van der Waals surface area contributed by atoms with Crippen LogP contribution in [-0.2, 0) is 23.8 Å². The van der Waals surface area contributed by atoms with E-state index in [2.05, 4.69) is 4.98 Å². The summed E-state index contributed by atoms with van der Waals surface area (Å²) in [5.41, 5.74) is 4.47. The highest BCUT2D eigenvalue weighted by molar-refractivity contribution is 7.86. The van der Waals surface area contributed by atoms with Crippen LogP contribution in [0.5, 0.6) is 0 Å². The molecule has 0 radical (unpaired) electrons. The van der Waals surface area contributed by atoms with Crippen molar-refractivity contribution in [3.8, 4) is 11.1 Å². The molecule has 0 amide bonds. The predicted octanol–water partition coefficient (Wildman–Crippen LogP) is 4.08. The Kier molecular flexibility index (Phi) is 5.06. The molecule has 25 heavy (non-hydrogen) atoms. The van der Waals surface area contributed by atoms with Crippen molar-refractivity contribution < 1.29 is 13.7 Å². The summed E-state index contributed by atoms with van der Waals surface area (Å²) < 4.78 is 17.7. The molecule has 3 aromatic rings. The van der Waals surface area contributed by atoms with Gasteiger partial charge in [-0.25, -0.2) is 0 Å². The molecule has 0 spiro atoms. The van der Waals surface area contributed by atoms with Gasteiger partial charge in [-0.15, -0.1) is 0 Å². The van der Waals surface area contributed by atoms with Gasteiger partial charge in [0.15, 0.2) is 0 Å². The van der Waals surface area contributed by atoms with Crippen molar-refractivity contribution in [3.63, 3.8) is 0 Å². The first kappa shape index (κ1) is 17.8. The molecule has 1 N–H and O–H groups in total. The summed E-state index contributed by atoms with van der Waals surface area (Å²) in [5.74, 6) is 0.590. The second-order valence-electron chi connectivity index (χ2n) is 7.09. The van der Waals surface area contributed by atoms with E-state index >= 15 is 0 Å². The number of fused-ring (bicyclic) bond motifs is 1. The van der Waals surface area contributed by atoms with Gasteiger partial charge in [-0.1, -0.05) is 0 Å². The van der Waals surface area contributed by atoms with Gasteiger partial charge in [-0.3, -0.25) is 9.19 Å². The van der Waals surface area contributed by atoms with Crippen molar-refractivity contribution in [2.45, 2.75) is 38.5 Å². The van der Waals surface area contributed by atoms with E-state index < -0.39 is 10.8 Å². The first-order valence-electron chi connectivity index (χ1n) is 8.33. The van der Waals surface area contributed by atoms with E-state index in [9.17, 15) is 9.32 Å². The maximum absolute atomic E-state index is 12.3. The average molecular weight is 357 g/mol. The van der Waals surface area contributed by atoms with Crippen LogP contribution < -0.4 is 0 Å². The molecule has 2 heterocycles. The molecular weight excluding hydrogens is 334 g/mol. The SMILES string of the molecule is CC(C)(C)[S@](=O)CCc1cc(-c2cc(CO)cc3ccoc23)ccn1. The minimum Gasteiger partial charge on any atom is -0.464 e. The summed E-state index contributed by atoms with van der Waals surface area (Å²) in [6, 6.07) is 9.71. The summed E-state index contributed by atoms with van der Waals surface area (Å²) in [4.78, 5) is 4.41. The summed E-state index contributed by atoms with van der Waals surface area (Å²) in [7, 11) is -0.901. The van der Waals surface area contributed by atoms with Gasteiger partial charge in [0.25, 0.3) is 0 Å². The highest BCUT2D eigenvalue weighted by Crippen LogP contribution is 2.31. The highest BCUT2D eigenvalue weighted by atomic mass is 32.2. The molecule has 0 unspecified atom stereocenters. The van der Waals surface area contributed by atoms with Crippen molar-refractivity contribution in [2.24, 2.45) is 0 Å². The number of nitrogens with zero attached hydrogens (tertiary/aromatic N) is 1. The summed E-state index contributed by atoms with van der Waals surface area (Å²) in [5, 5.41) is 10.5. The van der Waals surface area contributed by atoms with Gasteiger partial charge < -0.3 is 9.52 Å². The molecule has 1 aromatic carbocycles. The molecule has 4 nitrogen and oxygen atoms in total. The van der Waals surface area contributed by atoms with E-state index in [0.29, 0.717) is 12.2 Å². The minimum atomic E-state index is -0.901. The fraction of sp³-hybridized carbons (Fsp3) is 0.350. The number of aromatic nitrogens is 1. The fourth-order valence-corrected chi connectivity index (χ4v) is 3.74. The van der Waals surface area contributed by atoms with Crippen molar-refractivity contribution in [1.29, 1.82) is 0 Å². The Hall–Kier alpha value is -1.98. The van der Waals surface area contributed by atoms with Gasteiger partial charge in [-0.05, 0) is 62.2 Å². The van der Waals surface area contributed by atoms with Crippen LogP contribution in [0.3, 0.4) is 0 Å². The van der Waals surface area contributed by atoms with E-state index in [0.717, 1.165) is 33.4 Å². The number of hydrogen-bond donors (Lipinski definition) is 1. The maximum Gasteiger partial charge on any atom is 0.141 e. The lowest BCUT2D eigenvalue weighted by Crippen LogP contribution is -2.25. The van der Waals surface area contributed by atoms with Crippen LogP contribution in [0.15, 0.2) is 47.2 Å². The van der Waals surface area contributed by atoms with Gasteiger partial charge in [0, 0.05) is 50.6 Å². The third-order valence-corrected chi connectivity index (χ3v) is 6.09. The van der Waals surface area contributed by atoms with Crippen LogP contribution in [0.25, 0.3) is 22.1 Å². The Bertz CT molecular complexity index is 909. The topological polar surface area (TPSA) is 63.3 Å². The lowest BCUT2D eigenvalue weighted by molar-refractivity contribution is 0.282. The first-order valence-corrected chi connectivity index (χ1v) is 9.65. The second kappa shape index (κ2) is 7.10. The molecule has 0 aliphatic heterocycles. The number of hydrogen-bond acceptors (Lipinski definition) is 4. The van der Waals surface area contributed by atoms with E-state index in [-0.39, 0.29) is 11.4 Å². The molecule has 0 aliphatic rings. The Labute approximate surface area is 150 Å². The van der Waals surface area contributed by atoms with Gasteiger partial charge in [0.05, 0.1) is 12.9 Å². The van der Waals surface area contributed by atoms with Crippen LogP contribution in [0.4, 0.5) is 0 Å². The zero-order valence-electron chi connectivity index (χ0n) is 14.8. The maximum atomic E-state index is 12.3. The summed E-state index contributed by atoms with van der Waals surface area (Å²) in [6.07, 6.45) is 4.09. The number of benzene rings is 1. The van der Waals surface area contributed by atoms with Crippen LogP contribution in [0.1, 0.15) is 32.0 Å².